The van der Waals surface area contributed by atoms with Gasteiger partial charge in [0.25, 0.3) is 0 Å². The van der Waals surface area contributed by atoms with Gasteiger partial charge in [0.05, 0.1) is 17.6 Å². The van der Waals surface area contributed by atoms with Gasteiger partial charge in [-0.2, -0.15) is 5.10 Å². The van der Waals surface area contributed by atoms with E-state index in [-0.39, 0.29) is 17.7 Å². The van der Waals surface area contributed by atoms with E-state index in [1.165, 1.54) is 36.5 Å². The van der Waals surface area contributed by atoms with E-state index in [0.29, 0.717) is 17.9 Å². The summed E-state index contributed by atoms with van der Waals surface area (Å²) in [6.45, 7) is 3.68. The summed E-state index contributed by atoms with van der Waals surface area (Å²) in [5.74, 6) is -1.23. The Kier molecular flexibility index (Phi) is 6.18. The minimum atomic E-state index is -0.802. The van der Waals surface area contributed by atoms with E-state index in [4.69, 9.17) is 4.74 Å². The molecule has 0 aliphatic heterocycles. The maximum atomic E-state index is 12.9. The van der Waals surface area contributed by atoms with Crippen LogP contribution in [0.2, 0.25) is 0 Å². The van der Waals surface area contributed by atoms with Gasteiger partial charge in [0, 0.05) is 24.2 Å². The minimum absolute atomic E-state index is 0.263. The van der Waals surface area contributed by atoms with Crippen molar-refractivity contribution in [1.82, 2.24) is 20.5 Å². The Morgan fingerprint density at radius 2 is 1.93 bits per heavy atom. The van der Waals surface area contributed by atoms with Gasteiger partial charge in [-0.3, -0.25) is 14.7 Å². The maximum absolute atomic E-state index is 12.9. The highest BCUT2D eigenvalue weighted by Gasteiger charge is 2.17. The minimum Gasteiger partial charge on any atom is -0.439 e. The van der Waals surface area contributed by atoms with Crippen LogP contribution in [0.4, 0.5) is 10.1 Å². The molecule has 150 valence electrons. The van der Waals surface area contributed by atoms with Crippen molar-refractivity contribution in [3.05, 3.63) is 65.9 Å². The third kappa shape index (κ3) is 5.86. The topological polar surface area (TPSA) is 109 Å². The summed E-state index contributed by atoms with van der Waals surface area (Å²) in [5.41, 5.74) is 2.07. The van der Waals surface area contributed by atoms with E-state index < -0.39 is 11.8 Å². The molecule has 0 radical (unpaired) electrons. The van der Waals surface area contributed by atoms with Gasteiger partial charge in [-0.05, 0) is 50.2 Å². The number of hydrogen-bond acceptors (Lipinski definition) is 5. The molecule has 0 spiro atoms. The Bertz CT molecular complexity index is 986. The van der Waals surface area contributed by atoms with Crippen LogP contribution in [-0.4, -0.2) is 33.0 Å². The number of amides is 2. The SMILES string of the molecule is Cc1cc(CC(C)NC(=O)C(=O)Nc2ccc(Oc3ccc(F)cc3)nc2)n[nH]1. The molecular formula is C20H20FN5O3. The lowest BCUT2D eigenvalue weighted by Crippen LogP contribution is -2.41. The molecule has 2 aromatic heterocycles. The van der Waals surface area contributed by atoms with Crippen molar-refractivity contribution in [2.45, 2.75) is 26.3 Å². The molecule has 2 heterocycles. The molecule has 0 saturated heterocycles. The number of rotatable bonds is 6. The van der Waals surface area contributed by atoms with Crippen molar-refractivity contribution >= 4 is 17.5 Å². The number of pyridine rings is 1. The van der Waals surface area contributed by atoms with Crippen LogP contribution in [0, 0.1) is 12.7 Å². The van der Waals surface area contributed by atoms with Crippen LogP contribution in [0.3, 0.4) is 0 Å². The summed E-state index contributed by atoms with van der Waals surface area (Å²) in [5, 5.41) is 12.0. The first-order chi connectivity index (χ1) is 13.9. The number of hydrogen-bond donors (Lipinski definition) is 3. The number of aromatic nitrogens is 3. The Morgan fingerprint density at radius 1 is 1.17 bits per heavy atom. The molecule has 1 unspecified atom stereocenters. The molecule has 8 nitrogen and oxygen atoms in total. The smallest absolute Gasteiger partial charge is 0.313 e. The number of nitrogens with zero attached hydrogens (tertiary/aromatic N) is 2. The van der Waals surface area contributed by atoms with Crippen LogP contribution < -0.4 is 15.4 Å². The lowest BCUT2D eigenvalue weighted by atomic mass is 10.2. The van der Waals surface area contributed by atoms with Crippen molar-refractivity contribution in [2.24, 2.45) is 0 Å². The van der Waals surface area contributed by atoms with Crippen LogP contribution in [0.25, 0.3) is 0 Å². The second kappa shape index (κ2) is 8.96. The van der Waals surface area contributed by atoms with Gasteiger partial charge in [-0.1, -0.05) is 0 Å². The number of carbonyl (C=O) groups excluding carboxylic acids is 2. The molecule has 0 fully saturated rings. The van der Waals surface area contributed by atoms with Crippen molar-refractivity contribution in [3.8, 4) is 11.6 Å². The number of carbonyl (C=O) groups is 2. The fourth-order valence-electron chi connectivity index (χ4n) is 2.56. The highest BCUT2D eigenvalue weighted by Crippen LogP contribution is 2.20. The monoisotopic (exact) mass is 397 g/mol. The predicted molar refractivity (Wildman–Crippen MR) is 104 cm³/mol. The van der Waals surface area contributed by atoms with Gasteiger partial charge in [0.15, 0.2) is 0 Å². The fraction of sp³-hybridized carbons (Fsp3) is 0.200. The summed E-state index contributed by atoms with van der Waals surface area (Å²) in [4.78, 5) is 28.2. The first-order valence-corrected chi connectivity index (χ1v) is 8.91. The van der Waals surface area contributed by atoms with Gasteiger partial charge in [-0.25, -0.2) is 9.37 Å². The number of aromatic amines is 1. The molecule has 0 saturated carbocycles. The van der Waals surface area contributed by atoms with E-state index in [1.807, 2.05) is 13.0 Å². The molecule has 3 N–H and O–H groups in total. The van der Waals surface area contributed by atoms with Gasteiger partial charge in [0.1, 0.15) is 11.6 Å². The molecule has 2 amide bonds. The lowest BCUT2D eigenvalue weighted by molar-refractivity contribution is -0.136. The average molecular weight is 397 g/mol. The van der Waals surface area contributed by atoms with Crippen molar-refractivity contribution in [1.29, 1.82) is 0 Å². The predicted octanol–water partition coefficient (Wildman–Crippen LogP) is 2.73. The molecule has 0 bridgehead atoms. The molecule has 3 rings (SSSR count). The highest BCUT2D eigenvalue weighted by molar-refractivity contribution is 6.39. The van der Waals surface area contributed by atoms with E-state index in [1.54, 1.807) is 13.0 Å². The average Bonchev–Trinajstić information content (AvgIpc) is 3.09. The molecule has 1 atom stereocenters. The lowest BCUT2D eigenvalue weighted by Gasteiger charge is -2.12. The quantitative estimate of drug-likeness (QED) is 0.554. The third-order valence-electron chi connectivity index (χ3n) is 3.89. The van der Waals surface area contributed by atoms with Crippen LogP contribution in [0.1, 0.15) is 18.3 Å². The Hall–Kier alpha value is -3.75. The Balaban J connectivity index is 1.50. The first-order valence-electron chi connectivity index (χ1n) is 8.91. The molecule has 0 aliphatic rings. The molecule has 3 aromatic rings. The number of halogens is 1. The highest BCUT2D eigenvalue weighted by atomic mass is 19.1. The van der Waals surface area contributed by atoms with E-state index in [0.717, 1.165) is 11.4 Å². The van der Waals surface area contributed by atoms with Gasteiger partial charge >= 0.3 is 11.8 Å². The normalized spacial score (nSPS) is 11.6. The molecule has 1 aromatic carbocycles. The number of nitrogens with one attached hydrogen (secondary N) is 3. The zero-order valence-corrected chi connectivity index (χ0v) is 15.9. The van der Waals surface area contributed by atoms with Crippen molar-refractivity contribution in [2.75, 3.05) is 5.32 Å². The van der Waals surface area contributed by atoms with Gasteiger partial charge in [-0.15, -0.1) is 0 Å². The number of aryl methyl sites for hydroxylation is 1. The van der Waals surface area contributed by atoms with E-state index >= 15 is 0 Å². The summed E-state index contributed by atoms with van der Waals surface area (Å²) in [6.07, 6.45) is 1.86. The van der Waals surface area contributed by atoms with E-state index in [2.05, 4.69) is 25.8 Å². The summed E-state index contributed by atoms with van der Waals surface area (Å²) in [7, 11) is 0. The van der Waals surface area contributed by atoms with Crippen molar-refractivity contribution < 1.29 is 18.7 Å². The van der Waals surface area contributed by atoms with Crippen LogP contribution in [0.5, 0.6) is 11.6 Å². The largest absolute Gasteiger partial charge is 0.439 e. The zero-order valence-electron chi connectivity index (χ0n) is 15.9. The third-order valence-corrected chi connectivity index (χ3v) is 3.89. The van der Waals surface area contributed by atoms with Crippen LogP contribution in [0.15, 0.2) is 48.7 Å². The first kappa shape index (κ1) is 20.0. The summed E-state index contributed by atoms with van der Waals surface area (Å²) >= 11 is 0. The number of benzene rings is 1. The fourth-order valence-corrected chi connectivity index (χ4v) is 2.56. The van der Waals surface area contributed by atoms with Crippen LogP contribution in [-0.2, 0) is 16.0 Å². The number of H-pyrrole nitrogens is 1. The van der Waals surface area contributed by atoms with E-state index in [9.17, 15) is 14.0 Å². The number of anilines is 1. The summed E-state index contributed by atoms with van der Waals surface area (Å²) < 4.78 is 18.4. The molecule has 0 aliphatic carbocycles. The van der Waals surface area contributed by atoms with Crippen LogP contribution >= 0.6 is 0 Å². The maximum Gasteiger partial charge on any atom is 0.313 e. The van der Waals surface area contributed by atoms with Crippen molar-refractivity contribution in [3.63, 3.8) is 0 Å². The Labute approximate surface area is 166 Å². The zero-order chi connectivity index (χ0) is 20.8. The molecule has 29 heavy (non-hydrogen) atoms. The van der Waals surface area contributed by atoms with Gasteiger partial charge < -0.3 is 15.4 Å². The Morgan fingerprint density at radius 3 is 2.55 bits per heavy atom. The van der Waals surface area contributed by atoms with Gasteiger partial charge in [0.2, 0.25) is 5.88 Å². The standard InChI is InChI=1S/C20H20FN5O3/c1-12(9-16-10-13(2)25-26-16)23-19(27)20(28)24-15-5-8-18(22-11-15)29-17-6-3-14(21)4-7-17/h3-8,10-12H,9H2,1-2H3,(H,23,27)(H,24,28)(H,25,26). The second-order valence-corrected chi connectivity index (χ2v) is 6.52. The molecular weight excluding hydrogens is 377 g/mol. The second-order valence-electron chi connectivity index (χ2n) is 6.52. The summed E-state index contributed by atoms with van der Waals surface area (Å²) in [6, 6.07) is 10.2. The number of ether oxygens (including phenoxy) is 1. The molecule has 9 heteroatoms.